The molecule has 1 heterocycles. The molecule has 0 fully saturated rings. The van der Waals surface area contributed by atoms with Gasteiger partial charge in [-0.25, -0.2) is 4.68 Å². The van der Waals surface area contributed by atoms with E-state index < -0.39 is 4.92 Å². The van der Waals surface area contributed by atoms with Crippen LogP contribution in [0, 0.1) is 10.1 Å². The predicted octanol–water partition coefficient (Wildman–Crippen LogP) is 1.43. The molecule has 0 radical (unpaired) electrons. The molecule has 2 rings (SSSR count). The topological polar surface area (TPSA) is 70.1 Å². The molecule has 1 aromatic heterocycles. The molecule has 0 bridgehead atoms. The highest BCUT2D eigenvalue weighted by Gasteiger charge is 2.13. The molecular weight excluding hydrogens is 222 g/mol. The molecule has 0 aliphatic carbocycles. The quantitative estimate of drug-likeness (QED) is 0.457. The Kier molecular flexibility index (Phi) is 2.55. The Morgan fingerprint density at radius 1 is 1.53 bits per heavy atom. The second-order valence-corrected chi connectivity index (χ2v) is 3.66. The third-order valence-electron chi connectivity index (χ3n) is 2.67. The standard InChI is InChI=1S/C11H11N3O3/c1-3-6-13-11(15)9-5-4-8(14(16)17)7-10(9)12(13)2/h3-5,7H,1,6H2,2H3. The Morgan fingerprint density at radius 2 is 2.24 bits per heavy atom. The van der Waals surface area contributed by atoms with E-state index in [1.54, 1.807) is 17.8 Å². The summed E-state index contributed by atoms with van der Waals surface area (Å²) in [7, 11) is 1.69. The molecule has 0 amide bonds. The number of nitro benzene ring substituents is 1. The van der Waals surface area contributed by atoms with Crippen LogP contribution in [-0.4, -0.2) is 14.3 Å². The van der Waals surface area contributed by atoms with E-state index in [1.165, 1.54) is 22.9 Å². The number of aryl methyl sites for hydroxylation is 1. The van der Waals surface area contributed by atoms with Crippen molar-refractivity contribution in [2.45, 2.75) is 6.54 Å². The summed E-state index contributed by atoms with van der Waals surface area (Å²) in [5.74, 6) is 0. The number of hydrogen-bond donors (Lipinski definition) is 0. The van der Waals surface area contributed by atoms with E-state index in [9.17, 15) is 14.9 Å². The van der Waals surface area contributed by atoms with Crippen molar-refractivity contribution < 1.29 is 4.92 Å². The summed E-state index contributed by atoms with van der Waals surface area (Å²) in [4.78, 5) is 22.1. The van der Waals surface area contributed by atoms with Gasteiger partial charge < -0.3 is 0 Å². The summed E-state index contributed by atoms with van der Waals surface area (Å²) >= 11 is 0. The van der Waals surface area contributed by atoms with Gasteiger partial charge in [-0.05, 0) is 6.07 Å². The van der Waals surface area contributed by atoms with Gasteiger partial charge in [0.1, 0.15) is 0 Å². The lowest BCUT2D eigenvalue weighted by molar-refractivity contribution is -0.384. The lowest BCUT2D eigenvalue weighted by Crippen LogP contribution is -2.20. The fourth-order valence-corrected chi connectivity index (χ4v) is 1.82. The minimum Gasteiger partial charge on any atom is -0.284 e. The van der Waals surface area contributed by atoms with Crippen LogP contribution in [0.15, 0.2) is 35.6 Å². The van der Waals surface area contributed by atoms with Gasteiger partial charge in [0.2, 0.25) is 0 Å². The largest absolute Gasteiger partial charge is 0.284 e. The van der Waals surface area contributed by atoms with Gasteiger partial charge in [0.25, 0.3) is 11.2 Å². The Labute approximate surface area is 96.5 Å². The number of hydrogen-bond acceptors (Lipinski definition) is 3. The Balaban J connectivity index is 2.79. The maximum atomic E-state index is 11.9. The maximum Gasteiger partial charge on any atom is 0.274 e. The average molecular weight is 233 g/mol. The van der Waals surface area contributed by atoms with Crippen LogP contribution in [0.3, 0.4) is 0 Å². The third-order valence-corrected chi connectivity index (χ3v) is 2.67. The van der Waals surface area contributed by atoms with Crippen LogP contribution >= 0.6 is 0 Å². The van der Waals surface area contributed by atoms with Gasteiger partial charge in [-0.15, -0.1) is 6.58 Å². The molecule has 88 valence electrons. The van der Waals surface area contributed by atoms with Crippen LogP contribution in [0.1, 0.15) is 0 Å². The van der Waals surface area contributed by atoms with E-state index in [0.29, 0.717) is 17.4 Å². The van der Waals surface area contributed by atoms with E-state index in [2.05, 4.69) is 6.58 Å². The smallest absolute Gasteiger partial charge is 0.274 e. The van der Waals surface area contributed by atoms with Gasteiger partial charge in [0, 0.05) is 19.2 Å². The summed E-state index contributed by atoms with van der Waals surface area (Å²) in [6.07, 6.45) is 1.61. The van der Waals surface area contributed by atoms with E-state index >= 15 is 0 Å². The monoisotopic (exact) mass is 233 g/mol. The highest BCUT2D eigenvalue weighted by atomic mass is 16.6. The molecule has 17 heavy (non-hydrogen) atoms. The van der Waals surface area contributed by atoms with Gasteiger partial charge in [-0.1, -0.05) is 6.08 Å². The molecule has 0 unspecified atom stereocenters. The second kappa shape index (κ2) is 3.89. The van der Waals surface area contributed by atoms with Crippen molar-refractivity contribution in [3.63, 3.8) is 0 Å². The van der Waals surface area contributed by atoms with Gasteiger partial charge in [0.15, 0.2) is 0 Å². The van der Waals surface area contributed by atoms with E-state index in [4.69, 9.17) is 0 Å². The predicted molar refractivity (Wildman–Crippen MR) is 64.0 cm³/mol. The lowest BCUT2D eigenvalue weighted by atomic mass is 10.2. The van der Waals surface area contributed by atoms with Crippen molar-refractivity contribution >= 4 is 16.6 Å². The molecule has 0 aliphatic heterocycles. The first-order valence-corrected chi connectivity index (χ1v) is 5.01. The fraction of sp³-hybridized carbons (Fsp3) is 0.182. The highest BCUT2D eigenvalue weighted by molar-refractivity contribution is 5.81. The number of nitrogens with zero attached hydrogens (tertiary/aromatic N) is 3. The van der Waals surface area contributed by atoms with Crippen molar-refractivity contribution in [1.82, 2.24) is 9.36 Å². The number of allylic oxidation sites excluding steroid dienone is 1. The molecule has 0 saturated heterocycles. The molecule has 0 aliphatic rings. The van der Waals surface area contributed by atoms with E-state index in [0.717, 1.165) is 0 Å². The summed E-state index contributed by atoms with van der Waals surface area (Å²) in [6, 6.07) is 4.22. The normalized spacial score (nSPS) is 10.6. The SMILES string of the molecule is C=CCn1c(=O)c2ccc([N+](=O)[O-])cc2n1C. The molecule has 6 heteroatoms. The van der Waals surface area contributed by atoms with Crippen LogP contribution in [0.25, 0.3) is 10.9 Å². The van der Waals surface area contributed by atoms with Gasteiger partial charge in [-0.2, -0.15) is 0 Å². The zero-order valence-electron chi connectivity index (χ0n) is 9.29. The summed E-state index contributed by atoms with van der Waals surface area (Å²) in [6.45, 7) is 3.95. The van der Waals surface area contributed by atoms with Crippen LogP contribution < -0.4 is 5.56 Å². The van der Waals surface area contributed by atoms with E-state index in [1.807, 2.05) is 0 Å². The minimum absolute atomic E-state index is 0.0242. The number of rotatable bonds is 3. The molecule has 0 saturated carbocycles. The van der Waals surface area contributed by atoms with Crippen LogP contribution in [-0.2, 0) is 13.6 Å². The Bertz CT molecular complexity index is 666. The number of non-ortho nitro benzene ring substituents is 1. The average Bonchev–Trinajstić information content (AvgIpc) is 2.54. The summed E-state index contributed by atoms with van der Waals surface area (Å²) in [5.41, 5.74) is 0.354. The van der Waals surface area contributed by atoms with Crippen LogP contribution in [0.5, 0.6) is 0 Å². The second-order valence-electron chi connectivity index (χ2n) is 3.66. The summed E-state index contributed by atoms with van der Waals surface area (Å²) in [5, 5.41) is 11.1. The van der Waals surface area contributed by atoms with Gasteiger partial charge in [0.05, 0.1) is 22.4 Å². The van der Waals surface area contributed by atoms with Crippen LogP contribution in [0.4, 0.5) is 5.69 Å². The molecule has 0 spiro atoms. The first kappa shape index (κ1) is 11.1. The number of fused-ring (bicyclic) bond motifs is 1. The highest BCUT2D eigenvalue weighted by Crippen LogP contribution is 2.18. The van der Waals surface area contributed by atoms with Crippen molar-refractivity contribution in [2.75, 3.05) is 0 Å². The number of nitro groups is 1. The number of benzene rings is 1. The Morgan fingerprint density at radius 3 is 2.82 bits per heavy atom. The molecule has 1 aromatic carbocycles. The fourth-order valence-electron chi connectivity index (χ4n) is 1.82. The number of aromatic nitrogens is 2. The van der Waals surface area contributed by atoms with Crippen molar-refractivity contribution in [3.05, 3.63) is 51.3 Å². The minimum atomic E-state index is -0.477. The van der Waals surface area contributed by atoms with Crippen molar-refractivity contribution in [3.8, 4) is 0 Å². The van der Waals surface area contributed by atoms with E-state index in [-0.39, 0.29) is 11.2 Å². The van der Waals surface area contributed by atoms with Gasteiger partial charge >= 0.3 is 0 Å². The third kappa shape index (κ3) is 1.63. The first-order valence-electron chi connectivity index (χ1n) is 5.01. The van der Waals surface area contributed by atoms with Crippen LogP contribution in [0.2, 0.25) is 0 Å². The van der Waals surface area contributed by atoms with Gasteiger partial charge in [-0.3, -0.25) is 19.6 Å². The zero-order valence-corrected chi connectivity index (χ0v) is 9.29. The molecule has 6 nitrogen and oxygen atoms in total. The van der Waals surface area contributed by atoms with Crippen molar-refractivity contribution in [2.24, 2.45) is 7.05 Å². The molecule has 2 aromatic rings. The summed E-state index contributed by atoms with van der Waals surface area (Å²) < 4.78 is 3.08. The zero-order chi connectivity index (χ0) is 12.6. The van der Waals surface area contributed by atoms with Crippen molar-refractivity contribution in [1.29, 1.82) is 0 Å². The molecular formula is C11H11N3O3. The maximum absolute atomic E-state index is 11.9. The first-order chi connectivity index (χ1) is 8.06. The molecule has 0 atom stereocenters. The Hall–Kier alpha value is -2.37. The lowest BCUT2D eigenvalue weighted by Gasteiger charge is -2.03. The molecule has 0 N–H and O–H groups in total.